The van der Waals surface area contributed by atoms with E-state index >= 15 is 0 Å². The molecule has 0 rings (SSSR count). The summed E-state index contributed by atoms with van der Waals surface area (Å²) < 4.78 is 39.8. The molecule has 0 saturated carbocycles. The monoisotopic (exact) mass is 223 g/mol. The van der Waals surface area contributed by atoms with Crippen molar-refractivity contribution in [1.82, 2.24) is 5.32 Å². The molecule has 0 aliphatic rings. The Labute approximate surface area is 88.2 Å². The molecular weight excluding hydrogens is 207 g/mol. The molecule has 0 aliphatic carbocycles. The molecule has 0 aromatic heterocycles. The predicted octanol–water partition coefficient (Wildman–Crippen LogP) is 1.96. The van der Waals surface area contributed by atoms with Crippen molar-refractivity contribution in [2.45, 2.75) is 32.0 Å². The Bertz CT molecular complexity index is 198. The number of terminal acetylenes is 1. The predicted molar refractivity (Wildman–Crippen MR) is 52.4 cm³/mol. The number of hydrogen-bond acceptors (Lipinski definition) is 2. The highest BCUT2D eigenvalue weighted by molar-refractivity contribution is 4.89. The van der Waals surface area contributed by atoms with Crippen LogP contribution in [0.2, 0.25) is 0 Å². The fourth-order valence-electron chi connectivity index (χ4n) is 0.998. The van der Waals surface area contributed by atoms with Gasteiger partial charge in [0.2, 0.25) is 0 Å². The SMILES string of the molecule is C#CCC(COCC(F)(F)F)NCCC. The minimum absolute atomic E-state index is 0.0102. The molecular formula is C10H16F3NO. The maximum atomic E-state index is 11.8. The lowest BCUT2D eigenvalue weighted by atomic mass is 10.2. The maximum Gasteiger partial charge on any atom is 0.411 e. The van der Waals surface area contributed by atoms with E-state index in [-0.39, 0.29) is 12.6 Å². The van der Waals surface area contributed by atoms with Gasteiger partial charge in [0, 0.05) is 12.5 Å². The van der Waals surface area contributed by atoms with Gasteiger partial charge in [-0.3, -0.25) is 0 Å². The highest BCUT2D eigenvalue weighted by Crippen LogP contribution is 2.14. The summed E-state index contributed by atoms with van der Waals surface area (Å²) in [5.74, 6) is 2.40. The average Bonchev–Trinajstić information content (AvgIpc) is 2.12. The molecule has 0 aromatic carbocycles. The van der Waals surface area contributed by atoms with Crippen molar-refractivity contribution in [1.29, 1.82) is 0 Å². The lowest BCUT2D eigenvalue weighted by molar-refractivity contribution is -0.175. The molecule has 0 saturated heterocycles. The van der Waals surface area contributed by atoms with E-state index in [2.05, 4.69) is 16.0 Å². The Morgan fingerprint density at radius 2 is 2.13 bits per heavy atom. The standard InChI is InChI=1S/C10H16F3NO/c1-3-5-9(14-6-4-2)7-15-8-10(11,12)13/h1,9,14H,4-8H2,2H3. The second-order valence-corrected chi connectivity index (χ2v) is 3.19. The second kappa shape index (κ2) is 7.55. The van der Waals surface area contributed by atoms with Crippen LogP contribution in [-0.2, 0) is 4.74 Å². The molecule has 88 valence electrons. The summed E-state index contributed by atoms with van der Waals surface area (Å²) in [5, 5.41) is 3.02. The van der Waals surface area contributed by atoms with Crippen LogP contribution in [0.1, 0.15) is 19.8 Å². The number of rotatable bonds is 7. The van der Waals surface area contributed by atoms with Crippen molar-refractivity contribution in [3.63, 3.8) is 0 Å². The Hall–Kier alpha value is -0.730. The van der Waals surface area contributed by atoms with Crippen LogP contribution in [0.15, 0.2) is 0 Å². The molecule has 0 bridgehead atoms. The minimum Gasteiger partial charge on any atom is -0.370 e. The number of ether oxygens (including phenoxy) is 1. The molecule has 1 unspecified atom stereocenters. The van der Waals surface area contributed by atoms with E-state index < -0.39 is 12.8 Å². The molecule has 0 heterocycles. The summed E-state index contributed by atoms with van der Waals surface area (Å²) in [6, 6.07) is -0.197. The zero-order valence-corrected chi connectivity index (χ0v) is 8.73. The molecule has 0 aromatic rings. The fraction of sp³-hybridized carbons (Fsp3) is 0.800. The minimum atomic E-state index is -4.27. The summed E-state index contributed by atoms with van der Waals surface area (Å²) in [5.41, 5.74) is 0. The van der Waals surface area contributed by atoms with Gasteiger partial charge < -0.3 is 10.1 Å². The molecule has 15 heavy (non-hydrogen) atoms. The number of hydrogen-bond donors (Lipinski definition) is 1. The van der Waals surface area contributed by atoms with Gasteiger partial charge in [-0.1, -0.05) is 6.92 Å². The first kappa shape index (κ1) is 14.3. The van der Waals surface area contributed by atoms with E-state index in [1.54, 1.807) is 0 Å². The van der Waals surface area contributed by atoms with Crippen LogP contribution >= 0.6 is 0 Å². The molecule has 0 spiro atoms. The van der Waals surface area contributed by atoms with Gasteiger partial charge in [-0.25, -0.2) is 0 Å². The van der Waals surface area contributed by atoms with E-state index in [0.29, 0.717) is 6.42 Å². The first-order valence-electron chi connectivity index (χ1n) is 4.81. The summed E-state index contributed by atoms with van der Waals surface area (Å²) in [6.07, 6.45) is 2.09. The third-order valence-electron chi connectivity index (χ3n) is 1.63. The zero-order valence-electron chi connectivity index (χ0n) is 8.73. The first-order chi connectivity index (χ1) is 6.99. The van der Waals surface area contributed by atoms with Crippen LogP contribution < -0.4 is 5.32 Å². The smallest absolute Gasteiger partial charge is 0.370 e. The molecule has 0 aliphatic heterocycles. The Morgan fingerprint density at radius 1 is 1.47 bits per heavy atom. The Balaban J connectivity index is 3.71. The Kier molecular flexibility index (Phi) is 7.18. The van der Waals surface area contributed by atoms with Gasteiger partial charge in [0.1, 0.15) is 6.61 Å². The van der Waals surface area contributed by atoms with Crippen LogP contribution in [0.25, 0.3) is 0 Å². The van der Waals surface area contributed by atoms with Crippen molar-refractivity contribution >= 4 is 0 Å². The number of nitrogens with one attached hydrogen (secondary N) is 1. The van der Waals surface area contributed by atoms with Gasteiger partial charge in [0.25, 0.3) is 0 Å². The van der Waals surface area contributed by atoms with Crippen LogP contribution in [0.5, 0.6) is 0 Å². The van der Waals surface area contributed by atoms with Gasteiger partial charge in [0.05, 0.1) is 6.61 Å². The lowest BCUT2D eigenvalue weighted by Crippen LogP contribution is -2.35. The van der Waals surface area contributed by atoms with Crippen LogP contribution in [-0.4, -0.2) is 32.0 Å². The van der Waals surface area contributed by atoms with Crippen molar-refractivity contribution in [3.05, 3.63) is 0 Å². The maximum absolute atomic E-state index is 11.8. The third-order valence-corrected chi connectivity index (χ3v) is 1.63. The molecule has 0 fully saturated rings. The third kappa shape index (κ3) is 9.57. The molecule has 1 atom stereocenters. The van der Waals surface area contributed by atoms with Gasteiger partial charge in [0.15, 0.2) is 0 Å². The molecule has 5 heteroatoms. The van der Waals surface area contributed by atoms with Gasteiger partial charge in [-0.15, -0.1) is 12.3 Å². The quantitative estimate of drug-likeness (QED) is 0.666. The molecule has 0 amide bonds. The van der Waals surface area contributed by atoms with Gasteiger partial charge in [-0.05, 0) is 13.0 Å². The summed E-state index contributed by atoms with van der Waals surface area (Å²) in [6.45, 7) is 1.46. The first-order valence-corrected chi connectivity index (χ1v) is 4.81. The van der Waals surface area contributed by atoms with Crippen LogP contribution in [0, 0.1) is 12.3 Å². The van der Waals surface area contributed by atoms with E-state index in [9.17, 15) is 13.2 Å². The van der Waals surface area contributed by atoms with Gasteiger partial charge in [-0.2, -0.15) is 13.2 Å². The van der Waals surface area contributed by atoms with Crippen molar-refractivity contribution in [2.75, 3.05) is 19.8 Å². The van der Waals surface area contributed by atoms with Crippen LogP contribution in [0.4, 0.5) is 13.2 Å². The molecule has 1 N–H and O–H groups in total. The fourth-order valence-corrected chi connectivity index (χ4v) is 0.998. The highest BCUT2D eigenvalue weighted by Gasteiger charge is 2.27. The largest absolute Gasteiger partial charge is 0.411 e. The van der Waals surface area contributed by atoms with E-state index in [1.165, 1.54) is 0 Å². The summed E-state index contributed by atoms with van der Waals surface area (Å²) >= 11 is 0. The molecule has 0 radical (unpaired) electrons. The lowest BCUT2D eigenvalue weighted by Gasteiger charge is -2.16. The Morgan fingerprint density at radius 3 is 2.60 bits per heavy atom. The number of alkyl halides is 3. The summed E-state index contributed by atoms with van der Waals surface area (Å²) in [7, 11) is 0. The molecule has 2 nitrogen and oxygen atoms in total. The topological polar surface area (TPSA) is 21.3 Å². The van der Waals surface area contributed by atoms with Crippen LogP contribution in [0.3, 0.4) is 0 Å². The highest BCUT2D eigenvalue weighted by atomic mass is 19.4. The van der Waals surface area contributed by atoms with E-state index in [1.807, 2.05) is 6.92 Å². The second-order valence-electron chi connectivity index (χ2n) is 3.19. The summed E-state index contributed by atoms with van der Waals surface area (Å²) in [4.78, 5) is 0. The van der Waals surface area contributed by atoms with E-state index in [4.69, 9.17) is 6.42 Å². The van der Waals surface area contributed by atoms with E-state index in [0.717, 1.165) is 13.0 Å². The van der Waals surface area contributed by atoms with Crippen molar-refractivity contribution in [3.8, 4) is 12.3 Å². The van der Waals surface area contributed by atoms with Crippen molar-refractivity contribution in [2.24, 2.45) is 0 Å². The number of halogens is 3. The van der Waals surface area contributed by atoms with Gasteiger partial charge >= 0.3 is 6.18 Å². The van der Waals surface area contributed by atoms with Crippen molar-refractivity contribution < 1.29 is 17.9 Å². The average molecular weight is 223 g/mol. The zero-order chi connectivity index (χ0) is 11.7. The normalized spacial score (nSPS) is 13.5.